The van der Waals surface area contributed by atoms with Crippen molar-refractivity contribution in [1.82, 2.24) is 9.78 Å². The van der Waals surface area contributed by atoms with E-state index in [1.165, 1.54) is 35.1 Å². The molecule has 0 saturated carbocycles. The van der Waals surface area contributed by atoms with Crippen LogP contribution in [0.3, 0.4) is 0 Å². The fourth-order valence-electron chi connectivity index (χ4n) is 1.54. The molecular formula is C12H9F3N2O2. The highest BCUT2D eigenvalue weighted by Crippen LogP contribution is 2.27. The van der Waals surface area contributed by atoms with E-state index in [-0.39, 0.29) is 11.3 Å². The lowest BCUT2D eigenvalue weighted by molar-refractivity contribution is -0.274. The van der Waals surface area contributed by atoms with Gasteiger partial charge in [0.25, 0.3) is 0 Å². The van der Waals surface area contributed by atoms with Gasteiger partial charge < -0.3 is 4.74 Å². The molecule has 4 nitrogen and oxygen atoms in total. The van der Waals surface area contributed by atoms with Crippen molar-refractivity contribution >= 4 is 5.78 Å². The summed E-state index contributed by atoms with van der Waals surface area (Å²) in [5.41, 5.74) is -0.126. The molecule has 2 aromatic rings. The maximum atomic E-state index is 12.2. The summed E-state index contributed by atoms with van der Waals surface area (Å²) in [6, 6.07) is 6.59. The van der Waals surface area contributed by atoms with Crippen molar-refractivity contribution in [1.29, 1.82) is 0 Å². The van der Waals surface area contributed by atoms with E-state index in [0.717, 1.165) is 6.07 Å². The Bertz CT molecular complexity index is 605. The molecule has 0 saturated heterocycles. The van der Waals surface area contributed by atoms with Crippen LogP contribution in [0.5, 0.6) is 5.75 Å². The second kappa shape index (κ2) is 4.75. The van der Waals surface area contributed by atoms with E-state index >= 15 is 0 Å². The van der Waals surface area contributed by atoms with Gasteiger partial charge in [-0.2, -0.15) is 5.10 Å². The van der Waals surface area contributed by atoms with Crippen molar-refractivity contribution in [3.63, 3.8) is 0 Å². The minimum Gasteiger partial charge on any atom is -0.405 e. The molecule has 0 aliphatic heterocycles. The zero-order valence-corrected chi connectivity index (χ0v) is 9.81. The Kier molecular flexibility index (Phi) is 3.28. The van der Waals surface area contributed by atoms with Gasteiger partial charge in [-0.05, 0) is 18.2 Å². The van der Waals surface area contributed by atoms with Gasteiger partial charge in [-0.15, -0.1) is 13.2 Å². The van der Waals surface area contributed by atoms with Crippen LogP contribution in [0.1, 0.15) is 16.1 Å². The molecule has 100 valence electrons. The van der Waals surface area contributed by atoms with Gasteiger partial charge in [-0.3, -0.25) is 9.48 Å². The predicted molar refractivity (Wildman–Crippen MR) is 59.8 cm³/mol. The molecule has 0 spiro atoms. The summed E-state index contributed by atoms with van der Waals surface area (Å²) < 4.78 is 41.9. The van der Waals surface area contributed by atoms with E-state index in [2.05, 4.69) is 9.84 Å². The second-order valence-electron chi connectivity index (χ2n) is 3.75. The molecule has 0 fully saturated rings. The second-order valence-corrected chi connectivity index (χ2v) is 3.75. The summed E-state index contributed by atoms with van der Waals surface area (Å²) >= 11 is 0. The lowest BCUT2D eigenvalue weighted by atomic mass is 10.1. The predicted octanol–water partition coefficient (Wildman–Crippen LogP) is 2.55. The summed E-state index contributed by atoms with van der Waals surface area (Å²) in [5.74, 6) is -1.16. The van der Waals surface area contributed by atoms with E-state index in [9.17, 15) is 18.0 Å². The van der Waals surface area contributed by atoms with Crippen LogP contribution in [0.25, 0.3) is 0 Å². The van der Waals surface area contributed by atoms with Crippen molar-refractivity contribution in [3.8, 4) is 5.75 Å². The highest BCUT2D eigenvalue weighted by Gasteiger charge is 2.33. The van der Waals surface area contributed by atoms with Gasteiger partial charge in [0.15, 0.2) is 0 Å². The number of hydrogen-bond donors (Lipinski definition) is 0. The number of carbonyl (C=O) groups is 1. The van der Waals surface area contributed by atoms with Crippen molar-refractivity contribution in [2.24, 2.45) is 7.05 Å². The molecular weight excluding hydrogens is 261 g/mol. The fraction of sp³-hybridized carbons (Fsp3) is 0.167. The van der Waals surface area contributed by atoms with Crippen molar-refractivity contribution in [2.45, 2.75) is 6.36 Å². The summed E-state index contributed by atoms with van der Waals surface area (Å²) in [7, 11) is 1.61. The number of nitrogens with zero attached hydrogens (tertiary/aromatic N) is 2. The Morgan fingerprint density at radius 2 is 1.95 bits per heavy atom. The first kappa shape index (κ1) is 13.1. The largest absolute Gasteiger partial charge is 0.573 e. The topological polar surface area (TPSA) is 44.1 Å². The Hall–Kier alpha value is -2.31. The number of para-hydroxylation sites is 1. The number of halogens is 3. The minimum atomic E-state index is -4.85. The van der Waals surface area contributed by atoms with Crippen LogP contribution in [0, 0.1) is 0 Å². The van der Waals surface area contributed by atoms with Gasteiger partial charge in [-0.1, -0.05) is 12.1 Å². The van der Waals surface area contributed by atoms with Crippen LogP contribution in [-0.4, -0.2) is 21.9 Å². The Labute approximate surface area is 106 Å². The monoisotopic (exact) mass is 270 g/mol. The molecule has 1 aromatic carbocycles. The third-order valence-electron chi connectivity index (χ3n) is 2.30. The van der Waals surface area contributed by atoms with Crippen LogP contribution < -0.4 is 4.74 Å². The first-order valence-electron chi connectivity index (χ1n) is 5.26. The molecule has 0 bridgehead atoms. The van der Waals surface area contributed by atoms with E-state index < -0.39 is 17.9 Å². The van der Waals surface area contributed by atoms with Gasteiger partial charge in [0, 0.05) is 13.2 Å². The highest BCUT2D eigenvalue weighted by atomic mass is 19.4. The number of rotatable bonds is 3. The summed E-state index contributed by atoms with van der Waals surface area (Å²) in [6.07, 6.45) is -3.32. The summed E-state index contributed by atoms with van der Waals surface area (Å²) in [6.45, 7) is 0. The number of benzene rings is 1. The van der Waals surface area contributed by atoms with Crippen LogP contribution in [0.15, 0.2) is 36.5 Å². The van der Waals surface area contributed by atoms with E-state index in [0.29, 0.717) is 0 Å². The lowest BCUT2D eigenvalue weighted by Gasteiger charge is -2.11. The van der Waals surface area contributed by atoms with Crippen LogP contribution in [-0.2, 0) is 7.05 Å². The van der Waals surface area contributed by atoms with Gasteiger partial charge in [0.05, 0.1) is 5.56 Å². The van der Waals surface area contributed by atoms with Crippen LogP contribution >= 0.6 is 0 Å². The van der Waals surface area contributed by atoms with Crippen LogP contribution in [0.4, 0.5) is 13.2 Å². The standard InChI is InChI=1S/C12H9F3N2O2/c1-17-7-6-9(16-17)11(18)8-4-2-3-5-10(8)19-12(13,14)15/h2-7H,1H3. The van der Waals surface area contributed by atoms with E-state index in [1.807, 2.05) is 0 Å². The number of aryl methyl sites for hydroxylation is 1. The minimum absolute atomic E-state index is 0.0562. The Morgan fingerprint density at radius 3 is 2.53 bits per heavy atom. The summed E-state index contributed by atoms with van der Waals surface area (Å²) in [5, 5.41) is 3.85. The molecule has 2 rings (SSSR count). The Morgan fingerprint density at radius 1 is 1.26 bits per heavy atom. The molecule has 0 amide bonds. The SMILES string of the molecule is Cn1ccc(C(=O)c2ccccc2OC(F)(F)F)n1. The number of aromatic nitrogens is 2. The summed E-state index contributed by atoms with van der Waals surface area (Å²) in [4.78, 5) is 12.0. The lowest BCUT2D eigenvalue weighted by Crippen LogP contribution is -2.19. The Balaban J connectivity index is 2.37. The number of hydrogen-bond acceptors (Lipinski definition) is 3. The smallest absolute Gasteiger partial charge is 0.405 e. The van der Waals surface area contributed by atoms with Crippen molar-refractivity contribution in [3.05, 3.63) is 47.8 Å². The van der Waals surface area contributed by atoms with Gasteiger partial charge in [-0.25, -0.2) is 0 Å². The van der Waals surface area contributed by atoms with Gasteiger partial charge >= 0.3 is 6.36 Å². The molecule has 0 aliphatic rings. The third kappa shape index (κ3) is 3.12. The molecule has 0 radical (unpaired) electrons. The number of alkyl halides is 3. The molecule has 0 unspecified atom stereocenters. The van der Waals surface area contributed by atoms with Crippen molar-refractivity contribution < 1.29 is 22.7 Å². The average molecular weight is 270 g/mol. The molecule has 1 heterocycles. The number of carbonyl (C=O) groups excluding carboxylic acids is 1. The fourth-order valence-corrected chi connectivity index (χ4v) is 1.54. The van der Waals surface area contributed by atoms with Crippen LogP contribution in [0.2, 0.25) is 0 Å². The quantitative estimate of drug-likeness (QED) is 0.805. The molecule has 7 heteroatoms. The molecule has 1 aromatic heterocycles. The third-order valence-corrected chi connectivity index (χ3v) is 2.30. The molecule has 19 heavy (non-hydrogen) atoms. The number of ether oxygens (including phenoxy) is 1. The van der Waals surface area contributed by atoms with E-state index in [1.54, 1.807) is 7.05 Å². The average Bonchev–Trinajstić information content (AvgIpc) is 2.74. The van der Waals surface area contributed by atoms with Gasteiger partial charge in [0.2, 0.25) is 5.78 Å². The number of ketones is 1. The molecule has 0 N–H and O–H groups in total. The van der Waals surface area contributed by atoms with Crippen molar-refractivity contribution in [2.75, 3.05) is 0 Å². The zero-order chi connectivity index (χ0) is 14.0. The first-order chi connectivity index (χ1) is 8.87. The first-order valence-corrected chi connectivity index (χ1v) is 5.26. The zero-order valence-electron chi connectivity index (χ0n) is 9.81. The maximum Gasteiger partial charge on any atom is 0.573 e. The maximum absolute atomic E-state index is 12.2. The molecule has 0 aliphatic carbocycles. The highest BCUT2D eigenvalue weighted by molar-refractivity contribution is 6.09. The van der Waals surface area contributed by atoms with E-state index in [4.69, 9.17) is 0 Å². The normalized spacial score (nSPS) is 11.4. The van der Waals surface area contributed by atoms with Gasteiger partial charge in [0.1, 0.15) is 11.4 Å². The molecule has 0 atom stereocenters.